The van der Waals surface area contributed by atoms with Gasteiger partial charge in [0.15, 0.2) is 0 Å². The van der Waals surface area contributed by atoms with Crippen LogP contribution in [0.4, 0.5) is 0 Å². The minimum absolute atomic E-state index is 0.0160. The van der Waals surface area contributed by atoms with E-state index in [0.717, 1.165) is 23.6 Å². The molecule has 0 saturated heterocycles. The molecule has 2 nitrogen and oxygen atoms in total. The van der Waals surface area contributed by atoms with Crippen LogP contribution >= 0.6 is 11.6 Å². The molecule has 0 saturated carbocycles. The molecule has 0 fully saturated rings. The van der Waals surface area contributed by atoms with Crippen molar-refractivity contribution in [2.24, 2.45) is 5.73 Å². The third-order valence-corrected chi connectivity index (χ3v) is 2.43. The number of rotatable bonds is 5. The Bertz CT molecular complexity index is 284. The zero-order valence-corrected chi connectivity index (χ0v) is 10.00. The molecule has 0 amide bonds. The van der Waals surface area contributed by atoms with Gasteiger partial charge in [-0.15, -0.1) is 0 Å². The quantitative estimate of drug-likeness (QED) is 0.839. The molecule has 2 unspecified atom stereocenters. The monoisotopic (exact) mass is 227 g/mol. The van der Waals surface area contributed by atoms with E-state index in [1.165, 1.54) is 0 Å². The molecule has 2 atom stereocenters. The minimum Gasteiger partial charge on any atom is -0.372 e. The van der Waals surface area contributed by atoms with Gasteiger partial charge in [-0.05, 0) is 31.0 Å². The number of nitrogens with two attached hydrogens (primary N) is 1. The summed E-state index contributed by atoms with van der Waals surface area (Å²) in [5.41, 5.74) is 6.98. The lowest BCUT2D eigenvalue weighted by molar-refractivity contribution is 0.0387. The van der Waals surface area contributed by atoms with E-state index in [0.29, 0.717) is 0 Å². The van der Waals surface area contributed by atoms with Gasteiger partial charge in [-0.1, -0.05) is 30.7 Å². The summed E-state index contributed by atoms with van der Waals surface area (Å²) in [7, 11) is 0. The maximum absolute atomic E-state index is 5.89. The predicted molar refractivity (Wildman–Crippen MR) is 64.1 cm³/mol. The Morgan fingerprint density at radius 3 is 2.40 bits per heavy atom. The van der Waals surface area contributed by atoms with Crippen molar-refractivity contribution in [1.29, 1.82) is 0 Å². The summed E-state index contributed by atoms with van der Waals surface area (Å²) in [5.74, 6) is 0. The first-order chi connectivity index (χ1) is 7.15. The van der Waals surface area contributed by atoms with Crippen LogP contribution in [-0.4, -0.2) is 12.6 Å². The predicted octanol–water partition coefficient (Wildman–Crippen LogP) is 3.15. The lowest BCUT2D eigenvalue weighted by Gasteiger charge is -2.21. The fraction of sp³-hybridized carbons (Fsp3) is 0.500. The van der Waals surface area contributed by atoms with E-state index >= 15 is 0 Å². The van der Waals surface area contributed by atoms with Crippen LogP contribution in [-0.2, 0) is 4.74 Å². The lowest BCUT2D eigenvalue weighted by atomic mass is 10.0. The molecule has 0 bridgehead atoms. The average molecular weight is 228 g/mol. The summed E-state index contributed by atoms with van der Waals surface area (Å²) in [4.78, 5) is 0. The van der Waals surface area contributed by atoms with Gasteiger partial charge in [0.05, 0.1) is 6.10 Å². The average Bonchev–Trinajstić information content (AvgIpc) is 2.21. The Hall–Kier alpha value is -0.570. The van der Waals surface area contributed by atoms with Crippen molar-refractivity contribution in [3.05, 3.63) is 34.9 Å². The maximum atomic E-state index is 5.89. The second-order valence-electron chi connectivity index (χ2n) is 3.70. The molecule has 0 aliphatic heterocycles. The normalized spacial score (nSPS) is 14.9. The number of hydrogen-bond donors (Lipinski definition) is 1. The molecule has 15 heavy (non-hydrogen) atoms. The summed E-state index contributed by atoms with van der Waals surface area (Å²) in [6, 6.07) is 7.64. The molecular formula is C12H18ClNO. The van der Waals surface area contributed by atoms with E-state index in [2.05, 4.69) is 6.92 Å². The molecule has 0 aliphatic carbocycles. The molecule has 0 aromatic heterocycles. The Morgan fingerprint density at radius 2 is 1.93 bits per heavy atom. The van der Waals surface area contributed by atoms with Gasteiger partial charge in [-0.25, -0.2) is 0 Å². The third-order valence-electron chi connectivity index (χ3n) is 2.18. The van der Waals surface area contributed by atoms with Crippen LogP contribution in [0.25, 0.3) is 0 Å². The van der Waals surface area contributed by atoms with Crippen LogP contribution in [0.3, 0.4) is 0 Å². The van der Waals surface area contributed by atoms with Crippen LogP contribution in [0.1, 0.15) is 31.9 Å². The van der Waals surface area contributed by atoms with Gasteiger partial charge in [-0.3, -0.25) is 0 Å². The largest absolute Gasteiger partial charge is 0.372 e. The summed E-state index contributed by atoms with van der Waals surface area (Å²) in [6.07, 6.45) is 0.957. The zero-order chi connectivity index (χ0) is 11.3. The van der Waals surface area contributed by atoms with Gasteiger partial charge < -0.3 is 10.5 Å². The van der Waals surface area contributed by atoms with Crippen molar-refractivity contribution < 1.29 is 4.74 Å². The lowest BCUT2D eigenvalue weighted by Crippen LogP contribution is -2.27. The highest BCUT2D eigenvalue weighted by Crippen LogP contribution is 2.22. The van der Waals surface area contributed by atoms with Crippen LogP contribution in [0.2, 0.25) is 5.02 Å². The highest BCUT2D eigenvalue weighted by molar-refractivity contribution is 6.30. The van der Waals surface area contributed by atoms with Gasteiger partial charge in [0, 0.05) is 17.7 Å². The second kappa shape index (κ2) is 6.11. The first-order valence-corrected chi connectivity index (χ1v) is 5.65. The topological polar surface area (TPSA) is 35.2 Å². The van der Waals surface area contributed by atoms with Crippen LogP contribution in [0, 0.1) is 0 Å². The van der Waals surface area contributed by atoms with Crippen LogP contribution < -0.4 is 5.73 Å². The molecule has 0 aliphatic rings. The molecule has 0 spiro atoms. The Kier molecular flexibility index (Phi) is 5.09. The van der Waals surface area contributed by atoms with Crippen molar-refractivity contribution >= 4 is 11.6 Å². The highest BCUT2D eigenvalue weighted by Gasteiger charge is 2.16. The molecule has 1 aromatic rings. The Labute approximate surface area is 96.4 Å². The van der Waals surface area contributed by atoms with Gasteiger partial charge in [0.25, 0.3) is 0 Å². The second-order valence-corrected chi connectivity index (χ2v) is 4.14. The summed E-state index contributed by atoms with van der Waals surface area (Å²) in [6.45, 7) is 4.77. The fourth-order valence-corrected chi connectivity index (χ4v) is 1.57. The van der Waals surface area contributed by atoms with Crippen molar-refractivity contribution in [2.75, 3.05) is 6.61 Å². The number of hydrogen-bond acceptors (Lipinski definition) is 2. The van der Waals surface area contributed by atoms with E-state index in [1.807, 2.05) is 31.2 Å². The van der Waals surface area contributed by atoms with E-state index in [4.69, 9.17) is 22.1 Å². The zero-order valence-electron chi connectivity index (χ0n) is 9.24. The first kappa shape index (κ1) is 12.5. The smallest absolute Gasteiger partial charge is 0.0972 e. The van der Waals surface area contributed by atoms with Crippen LogP contribution in [0.15, 0.2) is 24.3 Å². The SMILES string of the molecule is CCCOC(c1ccc(Cl)cc1)C(C)N. The molecule has 84 valence electrons. The summed E-state index contributed by atoms with van der Waals surface area (Å²) in [5, 5.41) is 0.734. The standard InChI is InChI=1S/C12H18ClNO/c1-3-8-15-12(9(2)14)10-4-6-11(13)7-5-10/h4-7,9,12H,3,8,14H2,1-2H3. The Morgan fingerprint density at radius 1 is 1.33 bits per heavy atom. The van der Waals surface area contributed by atoms with E-state index in [9.17, 15) is 0 Å². The van der Waals surface area contributed by atoms with Gasteiger partial charge in [0.2, 0.25) is 0 Å². The molecule has 1 aromatic carbocycles. The molecule has 2 N–H and O–H groups in total. The third kappa shape index (κ3) is 3.82. The maximum Gasteiger partial charge on any atom is 0.0972 e. The van der Waals surface area contributed by atoms with Crippen molar-refractivity contribution in [2.45, 2.75) is 32.4 Å². The highest BCUT2D eigenvalue weighted by atomic mass is 35.5. The molecule has 3 heteroatoms. The number of halogens is 1. The van der Waals surface area contributed by atoms with E-state index in [-0.39, 0.29) is 12.1 Å². The van der Waals surface area contributed by atoms with Crippen molar-refractivity contribution in [3.63, 3.8) is 0 Å². The van der Waals surface area contributed by atoms with E-state index in [1.54, 1.807) is 0 Å². The molecular weight excluding hydrogens is 210 g/mol. The summed E-state index contributed by atoms with van der Waals surface area (Å²) >= 11 is 5.83. The van der Waals surface area contributed by atoms with Gasteiger partial charge in [-0.2, -0.15) is 0 Å². The van der Waals surface area contributed by atoms with Crippen LogP contribution in [0.5, 0.6) is 0 Å². The molecule has 0 heterocycles. The molecule has 0 radical (unpaired) electrons. The van der Waals surface area contributed by atoms with E-state index < -0.39 is 0 Å². The minimum atomic E-state index is -0.0396. The van der Waals surface area contributed by atoms with Crippen molar-refractivity contribution in [1.82, 2.24) is 0 Å². The van der Waals surface area contributed by atoms with Crippen molar-refractivity contribution in [3.8, 4) is 0 Å². The Balaban J connectivity index is 2.74. The van der Waals surface area contributed by atoms with Gasteiger partial charge >= 0.3 is 0 Å². The fourth-order valence-electron chi connectivity index (χ4n) is 1.45. The number of ether oxygens (including phenoxy) is 1. The number of benzene rings is 1. The first-order valence-electron chi connectivity index (χ1n) is 5.27. The van der Waals surface area contributed by atoms with Gasteiger partial charge in [0.1, 0.15) is 0 Å². The summed E-state index contributed by atoms with van der Waals surface area (Å²) < 4.78 is 5.71. The molecule has 1 rings (SSSR count).